The van der Waals surface area contributed by atoms with Crippen LogP contribution >= 0.6 is 0 Å². The molecule has 1 unspecified atom stereocenters. The molecule has 0 saturated carbocycles. The van der Waals surface area contributed by atoms with Gasteiger partial charge in [-0.3, -0.25) is 9.78 Å². The molecule has 0 bridgehead atoms. The lowest BCUT2D eigenvalue weighted by Crippen LogP contribution is -2.24. The van der Waals surface area contributed by atoms with Crippen LogP contribution in [0.2, 0.25) is 0 Å². The summed E-state index contributed by atoms with van der Waals surface area (Å²) in [6.07, 6.45) is 4.57. The van der Waals surface area contributed by atoms with E-state index in [1.165, 1.54) is 0 Å². The highest BCUT2D eigenvalue weighted by atomic mass is 16.5. The molecule has 3 heterocycles. The van der Waals surface area contributed by atoms with Crippen molar-refractivity contribution in [3.63, 3.8) is 0 Å². The molecular formula is C14H16N4O2. The molecule has 6 nitrogen and oxygen atoms in total. The maximum atomic E-state index is 11.7. The first-order valence-electron chi connectivity index (χ1n) is 6.75. The van der Waals surface area contributed by atoms with Crippen molar-refractivity contribution in [3.05, 3.63) is 41.8 Å². The van der Waals surface area contributed by atoms with E-state index in [0.29, 0.717) is 31.1 Å². The molecule has 1 saturated heterocycles. The van der Waals surface area contributed by atoms with Crippen LogP contribution in [-0.4, -0.2) is 39.0 Å². The average Bonchev–Trinajstić information content (AvgIpc) is 3.06. The smallest absolute Gasteiger partial charge is 0.232 e. The summed E-state index contributed by atoms with van der Waals surface area (Å²) < 4.78 is 5.30. The molecule has 0 spiro atoms. The number of likely N-dealkylation sites (tertiary alicyclic amines) is 1. The first-order valence-corrected chi connectivity index (χ1v) is 6.75. The van der Waals surface area contributed by atoms with Crippen molar-refractivity contribution in [1.82, 2.24) is 20.0 Å². The number of hydrogen-bond acceptors (Lipinski definition) is 5. The monoisotopic (exact) mass is 272 g/mol. The van der Waals surface area contributed by atoms with Crippen LogP contribution in [0.5, 0.6) is 0 Å². The Labute approximate surface area is 116 Å². The van der Waals surface area contributed by atoms with Crippen LogP contribution in [0.1, 0.15) is 36.5 Å². The number of hydrogen-bond donors (Lipinski definition) is 0. The van der Waals surface area contributed by atoms with Gasteiger partial charge in [0.25, 0.3) is 0 Å². The predicted molar refractivity (Wildman–Crippen MR) is 71.0 cm³/mol. The number of pyridine rings is 1. The molecule has 20 heavy (non-hydrogen) atoms. The van der Waals surface area contributed by atoms with Gasteiger partial charge in [0.1, 0.15) is 0 Å². The molecule has 1 aliphatic heterocycles. The summed E-state index contributed by atoms with van der Waals surface area (Å²) >= 11 is 0. The Morgan fingerprint density at radius 3 is 3.10 bits per heavy atom. The number of likely N-dealkylation sites (N-methyl/N-ethyl adjacent to an activating group) is 1. The molecule has 0 N–H and O–H groups in total. The van der Waals surface area contributed by atoms with Gasteiger partial charge in [0, 0.05) is 38.3 Å². The Balaban J connectivity index is 1.70. The zero-order chi connectivity index (χ0) is 13.9. The van der Waals surface area contributed by atoms with E-state index in [-0.39, 0.29) is 11.8 Å². The minimum atomic E-state index is 0.0256. The van der Waals surface area contributed by atoms with Gasteiger partial charge >= 0.3 is 0 Å². The highest BCUT2D eigenvalue weighted by Crippen LogP contribution is 2.26. The molecule has 1 atom stereocenters. The molecule has 3 rings (SSSR count). The van der Waals surface area contributed by atoms with Crippen molar-refractivity contribution in [1.29, 1.82) is 0 Å². The van der Waals surface area contributed by atoms with Gasteiger partial charge < -0.3 is 9.42 Å². The van der Waals surface area contributed by atoms with E-state index in [9.17, 15) is 4.79 Å². The van der Waals surface area contributed by atoms with Crippen molar-refractivity contribution in [2.24, 2.45) is 0 Å². The standard InChI is InChI=1S/C14H16N4O2/c1-2-18-9-11(7-13(18)19)14-16-12(17-20-14)6-10-4-3-5-15-8-10/h3-5,8,11H,2,6-7,9H2,1H3. The molecule has 2 aromatic heterocycles. The molecule has 0 aromatic carbocycles. The van der Waals surface area contributed by atoms with E-state index in [1.54, 1.807) is 12.4 Å². The van der Waals surface area contributed by atoms with Crippen molar-refractivity contribution in [3.8, 4) is 0 Å². The van der Waals surface area contributed by atoms with Gasteiger partial charge in [0.15, 0.2) is 5.82 Å². The summed E-state index contributed by atoms with van der Waals surface area (Å²) in [5.41, 5.74) is 1.04. The second kappa shape index (κ2) is 5.40. The van der Waals surface area contributed by atoms with Crippen molar-refractivity contribution >= 4 is 5.91 Å². The number of carbonyl (C=O) groups excluding carboxylic acids is 1. The number of aromatic nitrogens is 3. The third-order valence-corrected chi connectivity index (χ3v) is 3.51. The SMILES string of the molecule is CCN1CC(c2nc(Cc3cccnc3)no2)CC1=O. The molecule has 2 aromatic rings. The van der Waals surface area contributed by atoms with Gasteiger partial charge in [0.2, 0.25) is 11.8 Å². The number of rotatable bonds is 4. The number of carbonyl (C=O) groups is 1. The Morgan fingerprint density at radius 1 is 1.50 bits per heavy atom. The minimum absolute atomic E-state index is 0.0256. The lowest BCUT2D eigenvalue weighted by Gasteiger charge is -2.11. The highest BCUT2D eigenvalue weighted by Gasteiger charge is 2.33. The highest BCUT2D eigenvalue weighted by molar-refractivity contribution is 5.79. The van der Waals surface area contributed by atoms with E-state index in [0.717, 1.165) is 12.1 Å². The van der Waals surface area contributed by atoms with Gasteiger partial charge in [-0.05, 0) is 18.6 Å². The zero-order valence-corrected chi connectivity index (χ0v) is 11.3. The van der Waals surface area contributed by atoms with Crippen LogP contribution < -0.4 is 0 Å². The van der Waals surface area contributed by atoms with Gasteiger partial charge in [0.05, 0.1) is 5.92 Å². The first kappa shape index (κ1) is 12.8. The van der Waals surface area contributed by atoms with Gasteiger partial charge in [-0.15, -0.1) is 0 Å². The topological polar surface area (TPSA) is 72.1 Å². The second-order valence-corrected chi connectivity index (χ2v) is 4.92. The predicted octanol–water partition coefficient (Wildman–Crippen LogP) is 1.39. The van der Waals surface area contributed by atoms with Crippen LogP contribution in [0.4, 0.5) is 0 Å². The quantitative estimate of drug-likeness (QED) is 0.841. The molecule has 0 aliphatic carbocycles. The normalized spacial score (nSPS) is 18.8. The summed E-state index contributed by atoms with van der Waals surface area (Å²) in [6.45, 7) is 3.37. The van der Waals surface area contributed by atoms with Crippen LogP contribution in [0, 0.1) is 0 Å². The number of amides is 1. The average molecular weight is 272 g/mol. The lowest BCUT2D eigenvalue weighted by molar-refractivity contribution is -0.127. The van der Waals surface area contributed by atoms with Crippen molar-refractivity contribution in [2.45, 2.75) is 25.7 Å². The molecule has 104 valence electrons. The minimum Gasteiger partial charge on any atom is -0.342 e. The molecule has 0 radical (unpaired) electrons. The summed E-state index contributed by atoms with van der Waals surface area (Å²) in [5.74, 6) is 1.38. The summed E-state index contributed by atoms with van der Waals surface area (Å²) in [7, 11) is 0. The van der Waals surface area contributed by atoms with Crippen molar-refractivity contribution in [2.75, 3.05) is 13.1 Å². The molecule has 1 amide bonds. The largest absolute Gasteiger partial charge is 0.342 e. The number of nitrogens with zero attached hydrogens (tertiary/aromatic N) is 4. The van der Waals surface area contributed by atoms with Gasteiger partial charge in [-0.1, -0.05) is 11.2 Å². The molecule has 1 aliphatic rings. The molecule has 1 fully saturated rings. The Hall–Kier alpha value is -2.24. The molecule has 6 heteroatoms. The van der Waals surface area contributed by atoms with E-state index < -0.39 is 0 Å². The second-order valence-electron chi connectivity index (χ2n) is 4.92. The van der Waals surface area contributed by atoms with Crippen LogP contribution in [-0.2, 0) is 11.2 Å². The molecular weight excluding hydrogens is 256 g/mol. The third-order valence-electron chi connectivity index (χ3n) is 3.51. The maximum Gasteiger partial charge on any atom is 0.232 e. The fourth-order valence-electron chi connectivity index (χ4n) is 2.43. The van der Waals surface area contributed by atoms with E-state index >= 15 is 0 Å². The van der Waals surface area contributed by atoms with Crippen molar-refractivity contribution < 1.29 is 9.32 Å². The van der Waals surface area contributed by atoms with Crippen LogP contribution in [0.15, 0.2) is 29.0 Å². The fraction of sp³-hybridized carbons (Fsp3) is 0.429. The van der Waals surface area contributed by atoms with E-state index in [1.807, 2.05) is 24.0 Å². The van der Waals surface area contributed by atoms with Crippen LogP contribution in [0.3, 0.4) is 0 Å². The van der Waals surface area contributed by atoms with Crippen LogP contribution in [0.25, 0.3) is 0 Å². The van der Waals surface area contributed by atoms with Gasteiger partial charge in [-0.25, -0.2) is 0 Å². The summed E-state index contributed by atoms with van der Waals surface area (Å²) in [5, 5.41) is 3.99. The Kier molecular flexibility index (Phi) is 3.45. The Morgan fingerprint density at radius 2 is 2.40 bits per heavy atom. The lowest BCUT2D eigenvalue weighted by atomic mass is 10.1. The van der Waals surface area contributed by atoms with Gasteiger partial charge in [-0.2, -0.15) is 4.98 Å². The van der Waals surface area contributed by atoms with E-state index in [4.69, 9.17) is 4.52 Å². The first-order chi connectivity index (χ1) is 9.76. The maximum absolute atomic E-state index is 11.7. The summed E-state index contributed by atoms with van der Waals surface area (Å²) in [6, 6.07) is 3.85. The Bertz CT molecular complexity index is 596. The summed E-state index contributed by atoms with van der Waals surface area (Å²) in [4.78, 5) is 22.0. The van der Waals surface area contributed by atoms with E-state index in [2.05, 4.69) is 15.1 Å². The third kappa shape index (κ3) is 2.54. The fourth-order valence-corrected chi connectivity index (χ4v) is 2.43. The zero-order valence-electron chi connectivity index (χ0n) is 11.3.